The molecule has 8 nitrogen and oxygen atoms in total. The molecular formula is C20H19N5O3S. The maximum atomic E-state index is 12.2. The Hall–Kier alpha value is -3.59. The smallest absolute Gasteiger partial charge is 0.257 e. The first-order valence-corrected chi connectivity index (χ1v) is 9.51. The Bertz CT molecular complexity index is 1030. The maximum absolute atomic E-state index is 12.2. The Morgan fingerprint density at radius 1 is 1.17 bits per heavy atom. The number of anilines is 1. The fourth-order valence-corrected chi connectivity index (χ4v) is 3.13. The molecule has 0 radical (unpaired) electrons. The van der Waals surface area contributed by atoms with Crippen LogP contribution in [-0.4, -0.2) is 35.3 Å². The minimum Gasteiger partial charge on any atom is -0.497 e. The number of carbonyl (C=O) groups is 2. The quantitative estimate of drug-likeness (QED) is 0.461. The molecule has 0 saturated carbocycles. The van der Waals surface area contributed by atoms with Gasteiger partial charge in [-0.15, -0.1) is 10.2 Å². The maximum Gasteiger partial charge on any atom is 0.257 e. The van der Waals surface area contributed by atoms with Crippen molar-refractivity contribution in [2.75, 3.05) is 12.4 Å². The highest BCUT2D eigenvalue weighted by Crippen LogP contribution is 2.18. The van der Waals surface area contributed by atoms with Crippen molar-refractivity contribution in [1.29, 1.82) is 0 Å². The number of benzene rings is 2. The normalized spacial score (nSPS) is 10.7. The van der Waals surface area contributed by atoms with Crippen molar-refractivity contribution < 1.29 is 14.3 Å². The molecule has 0 unspecified atom stereocenters. The third kappa shape index (κ3) is 5.94. The largest absolute Gasteiger partial charge is 0.497 e. The second kappa shape index (κ2) is 9.56. The van der Waals surface area contributed by atoms with E-state index < -0.39 is 0 Å². The number of ether oxygens (including phenoxy) is 1. The van der Waals surface area contributed by atoms with E-state index >= 15 is 0 Å². The van der Waals surface area contributed by atoms with E-state index in [1.165, 1.54) is 0 Å². The molecule has 1 heterocycles. The highest BCUT2D eigenvalue weighted by Gasteiger charge is 2.12. The van der Waals surface area contributed by atoms with Gasteiger partial charge in [0.25, 0.3) is 5.91 Å². The number of hydrogen-bond acceptors (Lipinski definition) is 7. The molecule has 29 heavy (non-hydrogen) atoms. The fourth-order valence-electron chi connectivity index (χ4n) is 2.39. The number of amides is 2. The highest BCUT2D eigenvalue weighted by atomic mass is 32.1. The van der Waals surface area contributed by atoms with Crippen molar-refractivity contribution in [3.8, 4) is 5.75 Å². The number of aromatic nitrogens is 2. The molecule has 3 rings (SSSR count). The molecule has 0 bridgehead atoms. The molecule has 1 aromatic heterocycles. The van der Waals surface area contributed by atoms with Gasteiger partial charge in [0.1, 0.15) is 10.8 Å². The van der Waals surface area contributed by atoms with E-state index in [0.717, 1.165) is 22.5 Å². The summed E-state index contributed by atoms with van der Waals surface area (Å²) >= 11 is 1.13. The number of rotatable bonds is 7. The summed E-state index contributed by atoms with van der Waals surface area (Å²) in [6.45, 7) is 1.98. The van der Waals surface area contributed by atoms with Crippen molar-refractivity contribution in [2.45, 2.75) is 13.3 Å². The van der Waals surface area contributed by atoms with Crippen LogP contribution in [0.3, 0.4) is 0 Å². The van der Waals surface area contributed by atoms with Crippen LogP contribution in [0.2, 0.25) is 0 Å². The van der Waals surface area contributed by atoms with Crippen LogP contribution in [0.4, 0.5) is 5.13 Å². The van der Waals surface area contributed by atoms with Gasteiger partial charge in [-0.3, -0.25) is 14.9 Å². The minimum absolute atomic E-state index is 0.0151. The van der Waals surface area contributed by atoms with Gasteiger partial charge in [-0.05, 0) is 36.8 Å². The van der Waals surface area contributed by atoms with Crippen molar-refractivity contribution in [1.82, 2.24) is 15.6 Å². The summed E-state index contributed by atoms with van der Waals surface area (Å²) in [7, 11) is 1.56. The van der Waals surface area contributed by atoms with Crippen LogP contribution in [0.5, 0.6) is 5.75 Å². The summed E-state index contributed by atoms with van der Waals surface area (Å²) in [5, 5.41) is 15.2. The minimum atomic E-state index is -0.321. The van der Waals surface area contributed by atoms with Crippen molar-refractivity contribution >= 4 is 34.5 Å². The molecule has 0 saturated heterocycles. The van der Waals surface area contributed by atoms with E-state index in [2.05, 4.69) is 26.0 Å². The molecule has 0 aliphatic carbocycles. The van der Waals surface area contributed by atoms with Crippen LogP contribution in [-0.2, 0) is 11.2 Å². The number of carbonyl (C=O) groups excluding carboxylic acids is 2. The molecule has 2 amide bonds. The molecule has 9 heteroatoms. The average molecular weight is 409 g/mol. The zero-order valence-corrected chi connectivity index (χ0v) is 16.7. The van der Waals surface area contributed by atoms with Crippen LogP contribution in [0.15, 0.2) is 53.6 Å². The van der Waals surface area contributed by atoms with Crippen LogP contribution in [0.1, 0.15) is 26.5 Å². The Morgan fingerprint density at radius 2 is 1.97 bits per heavy atom. The molecule has 148 valence electrons. The molecule has 0 aliphatic heterocycles. The summed E-state index contributed by atoms with van der Waals surface area (Å²) in [5.41, 5.74) is 4.92. The van der Waals surface area contributed by atoms with Crippen LogP contribution >= 0.6 is 11.3 Å². The van der Waals surface area contributed by atoms with Gasteiger partial charge in [0.05, 0.1) is 19.7 Å². The molecule has 0 spiro atoms. The molecule has 0 aliphatic rings. The number of hydrazone groups is 1. The molecule has 0 atom stereocenters. The Labute approximate surface area is 171 Å². The number of methoxy groups -OCH3 is 1. The van der Waals surface area contributed by atoms with E-state index in [1.807, 2.05) is 31.2 Å². The van der Waals surface area contributed by atoms with Gasteiger partial charge in [-0.2, -0.15) is 5.10 Å². The number of nitrogens with zero attached hydrogens (tertiary/aromatic N) is 3. The van der Waals surface area contributed by atoms with E-state index in [9.17, 15) is 9.59 Å². The van der Waals surface area contributed by atoms with Gasteiger partial charge in [0, 0.05) is 5.56 Å². The molecule has 2 N–H and O–H groups in total. The summed E-state index contributed by atoms with van der Waals surface area (Å²) in [4.78, 5) is 24.2. The van der Waals surface area contributed by atoms with Crippen molar-refractivity contribution in [2.24, 2.45) is 5.10 Å². The molecular weight excluding hydrogens is 390 g/mol. The topological polar surface area (TPSA) is 106 Å². The first-order chi connectivity index (χ1) is 14.0. The number of hydrogen-bond donors (Lipinski definition) is 2. The van der Waals surface area contributed by atoms with E-state index in [1.54, 1.807) is 37.6 Å². The zero-order chi connectivity index (χ0) is 20.6. The molecule has 2 aromatic carbocycles. The van der Waals surface area contributed by atoms with E-state index in [0.29, 0.717) is 21.5 Å². The fraction of sp³-hybridized carbons (Fsp3) is 0.150. The lowest BCUT2D eigenvalue weighted by atomic mass is 10.2. The first kappa shape index (κ1) is 20.2. The third-order valence-corrected chi connectivity index (χ3v) is 4.63. The van der Waals surface area contributed by atoms with Crippen LogP contribution in [0, 0.1) is 6.92 Å². The summed E-state index contributed by atoms with van der Waals surface area (Å²) < 4.78 is 5.07. The lowest BCUT2D eigenvalue weighted by Crippen LogP contribution is -2.19. The average Bonchev–Trinajstić information content (AvgIpc) is 3.14. The monoisotopic (exact) mass is 409 g/mol. The number of aryl methyl sites for hydroxylation is 1. The van der Waals surface area contributed by atoms with E-state index in [4.69, 9.17) is 4.74 Å². The molecule has 3 aromatic rings. The second-order valence-corrected chi connectivity index (χ2v) is 7.13. The summed E-state index contributed by atoms with van der Waals surface area (Å²) in [6, 6.07) is 14.4. The predicted octanol–water partition coefficient (Wildman–Crippen LogP) is 2.80. The Kier molecular flexibility index (Phi) is 6.64. The van der Waals surface area contributed by atoms with Crippen LogP contribution < -0.4 is 15.5 Å². The zero-order valence-electron chi connectivity index (χ0n) is 15.9. The highest BCUT2D eigenvalue weighted by molar-refractivity contribution is 7.15. The standard InChI is InChI=1S/C20H19N5O3S/c1-13-4-3-5-14(10-13)12-21-23-17(26)11-18-24-25-20(29-18)22-19(27)15-6-8-16(28-2)9-7-15/h3-10,12H,11H2,1-2H3,(H,23,26)(H,22,25,27)/b21-12+. The van der Waals surface area contributed by atoms with E-state index in [-0.39, 0.29) is 18.2 Å². The Balaban J connectivity index is 1.51. The van der Waals surface area contributed by atoms with Crippen LogP contribution in [0.25, 0.3) is 0 Å². The van der Waals surface area contributed by atoms with Gasteiger partial charge >= 0.3 is 0 Å². The predicted molar refractivity (Wildman–Crippen MR) is 111 cm³/mol. The van der Waals surface area contributed by atoms with Gasteiger partial charge in [-0.25, -0.2) is 5.43 Å². The van der Waals surface area contributed by atoms with Gasteiger partial charge in [-0.1, -0.05) is 41.2 Å². The Morgan fingerprint density at radius 3 is 2.69 bits per heavy atom. The van der Waals surface area contributed by atoms with Gasteiger partial charge in [0.2, 0.25) is 11.0 Å². The lowest BCUT2D eigenvalue weighted by molar-refractivity contribution is -0.120. The SMILES string of the molecule is COc1ccc(C(=O)Nc2nnc(CC(=O)N/N=C/c3cccc(C)c3)s2)cc1. The van der Waals surface area contributed by atoms with Crippen molar-refractivity contribution in [3.05, 3.63) is 70.2 Å². The second-order valence-electron chi connectivity index (χ2n) is 6.07. The number of nitrogens with one attached hydrogen (secondary N) is 2. The van der Waals surface area contributed by atoms with Gasteiger partial charge in [0.15, 0.2) is 0 Å². The van der Waals surface area contributed by atoms with Gasteiger partial charge < -0.3 is 4.74 Å². The lowest BCUT2D eigenvalue weighted by Gasteiger charge is -2.02. The summed E-state index contributed by atoms with van der Waals surface area (Å²) in [6.07, 6.45) is 1.59. The van der Waals surface area contributed by atoms with Crippen molar-refractivity contribution in [3.63, 3.8) is 0 Å². The third-order valence-electron chi connectivity index (χ3n) is 3.80. The molecule has 0 fully saturated rings. The summed E-state index contributed by atoms with van der Waals surface area (Å²) in [5.74, 6) is 0.0245. The first-order valence-electron chi connectivity index (χ1n) is 8.70.